The second kappa shape index (κ2) is 9.05. The Morgan fingerprint density at radius 2 is 1.81 bits per heavy atom. The molecule has 0 saturated carbocycles. The van der Waals surface area contributed by atoms with Crippen LogP contribution in [0.2, 0.25) is 5.02 Å². The summed E-state index contributed by atoms with van der Waals surface area (Å²) in [4.78, 5) is 23.9. The van der Waals surface area contributed by atoms with E-state index in [4.69, 9.17) is 11.6 Å². The molecule has 0 saturated heterocycles. The Morgan fingerprint density at radius 1 is 1.11 bits per heavy atom. The topological polar surface area (TPSA) is 111 Å². The number of hydrogen-bond acceptors (Lipinski definition) is 5. The Balaban J connectivity index is 1.86. The molecule has 142 valence electrons. The minimum atomic E-state index is -0.439. The van der Waals surface area contributed by atoms with Crippen molar-refractivity contribution in [2.75, 3.05) is 5.32 Å². The van der Waals surface area contributed by atoms with Gasteiger partial charge in [-0.2, -0.15) is 5.10 Å². The van der Waals surface area contributed by atoms with E-state index in [2.05, 4.69) is 15.8 Å². The molecule has 2 aromatic carbocycles. The van der Waals surface area contributed by atoms with Crippen molar-refractivity contribution in [1.82, 2.24) is 5.43 Å². The molecular formula is C19H20ClN3O4. The molecule has 27 heavy (non-hydrogen) atoms. The molecule has 7 nitrogen and oxygen atoms in total. The number of hydrazone groups is 1. The number of hydrogen-bond donors (Lipinski definition) is 4. The summed E-state index contributed by atoms with van der Waals surface area (Å²) in [6.45, 7) is 3.39. The van der Waals surface area contributed by atoms with E-state index in [0.29, 0.717) is 22.0 Å². The van der Waals surface area contributed by atoms with Crippen LogP contribution in [0.1, 0.15) is 30.9 Å². The molecule has 0 aliphatic carbocycles. The Morgan fingerprint density at radius 3 is 2.52 bits per heavy atom. The van der Waals surface area contributed by atoms with E-state index in [-0.39, 0.29) is 30.2 Å². The smallest absolute Gasteiger partial charge is 0.240 e. The number of anilines is 1. The van der Waals surface area contributed by atoms with Crippen LogP contribution in [0, 0.1) is 6.92 Å². The predicted octanol–water partition coefficient (Wildman–Crippen LogP) is 3.32. The number of carbonyl (C=O) groups excluding carboxylic acids is 2. The van der Waals surface area contributed by atoms with Gasteiger partial charge in [-0.25, -0.2) is 5.43 Å². The largest absolute Gasteiger partial charge is 0.508 e. The number of amides is 2. The summed E-state index contributed by atoms with van der Waals surface area (Å²) < 4.78 is 0. The highest BCUT2D eigenvalue weighted by molar-refractivity contribution is 6.31. The van der Waals surface area contributed by atoms with Gasteiger partial charge in [-0.3, -0.25) is 9.59 Å². The monoisotopic (exact) mass is 389 g/mol. The minimum absolute atomic E-state index is 0.0170. The molecule has 8 heteroatoms. The lowest BCUT2D eigenvalue weighted by molar-refractivity contribution is -0.124. The second-order valence-electron chi connectivity index (χ2n) is 5.89. The quantitative estimate of drug-likeness (QED) is 0.448. The second-order valence-corrected chi connectivity index (χ2v) is 6.30. The third-order valence-corrected chi connectivity index (χ3v) is 4.25. The van der Waals surface area contributed by atoms with Gasteiger partial charge in [0, 0.05) is 35.2 Å². The van der Waals surface area contributed by atoms with Gasteiger partial charge in [0.1, 0.15) is 11.5 Å². The normalized spacial score (nSPS) is 11.1. The Kier molecular flexibility index (Phi) is 6.79. The van der Waals surface area contributed by atoms with Crippen LogP contribution in [-0.4, -0.2) is 27.7 Å². The van der Waals surface area contributed by atoms with Gasteiger partial charge in [-0.05, 0) is 43.7 Å². The average molecular weight is 390 g/mol. The van der Waals surface area contributed by atoms with Gasteiger partial charge in [0.15, 0.2) is 0 Å². The van der Waals surface area contributed by atoms with Crippen LogP contribution in [0.4, 0.5) is 5.69 Å². The predicted molar refractivity (Wildman–Crippen MR) is 104 cm³/mol. The van der Waals surface area contributed by atoms with E-state index in [0.717, 1.165) is 5.56 Å². The standard InChI is InChI=1S/C19H20ClN3O4/c1-11-15(20)4-3-5-16(11)21-18(26)8-9-19(27)23-22-12(2)14-7-6-13(24)10-17(14)25/h3-7,10,24-25H,8-9H2,1-2H3,(H,21,26)(H,23,27)/b22-12-. The molecule has 0 aromatic heterocycles. The van der Waals surface area contributed by atoms with Gasteiger partial charge in [-0.15, -0.1) is 0 Å². The zero-order chi connectivity index (χ0) is 20.0. The highest BCUT2D eigenvalue weighted by Gasteiger charge is 2.10. The van der Waals surface area contributed by atoms with Gasteiger partial charge >= 0.3 is 0 Å². The number of carbonyl (C=O) groups is 2. The van der Waals surface area contributed by atoms with Crippen molar-refractivity contribution in [2.24, 2.45) is 5.10 Å². The molecule has 0 bridgehead atoms. The third-order valence-electron chi connectivity index (χ3n) is 3.84. The van der Waals surface area contributed by atoms with E-state index < -0.39 is 5.91 Å². The molecular weight excluding hydrogens is 370 g/mol. The summed E-state index contributed by atoms with van der Waals surface area (Å²) in [5.74, 6) is -0.978. The molecule has 0 fully saturated rings. The first-order valence-electron chi connectivity index (χ1n) is 8.18. The number of benzene rings is 2. The number of rotatable bonds is 6. The van der Waals surface area contributed by atoms with E-state index in [1.165, 1.54) is 18.2 Å². The summed E-state index contributed by atoms with van der Waals surface area (Å²) >= 11 is 6.00. The van der Waals surface area contributed by atoms with Gasteiger partial charge < -0.3 is 15.5 Å². The number of phenolic OH excluding ortho intramolecular Hbond substituents is 2. The van der Waals surface area contributed by atoms with Crippen LogP contribution in [-0.2, 0) is 9.59 Å². The molecule has 0 spiro atoms. The molecule has 0 atom stereocenters. The van der Waals surface area contributed by atoms with Gasteiger partial charge in [-0.1, -0.05) is 17.7 Å². The fourth-order valence-electron chi connectivity index (χ4n) is 2.27. The number of halogens is 1. The number of phenols is 2. The van der Waals surface area contributed by atoms with Crippen LogP contribution in [0.15, 0.2) is 41.5 Å². The molecule has 4 N–H and O–H groups in total. The summed E-state index contributed by atoms with van der Waals surface area (Å²) in [5, 5.41) is 26.2. The van der Waals surface area contributed by atoms with Crippen LogP contribution in [0.3, 0.4) is 0 Å². The summed E-state index contributed by atoms with van der Waals surface area (Å²) in [6, 6.07) is 9.25. The lowest BCUT2D eigenvalue weighted by Crippen LogP contribution is -2.22. The van der Waals surface area contributed by atoms with E-state index >= 15 is 0 Å². The van der Waals surface area contributed by atoms with E-state index in [1.54, 1.807) is 32.0 Å². The van der Waals surface area contributed by atoms with E-state index in [9.17, 15) is 19.8 Å². The SMILES string of the molecule is C/C(=N/NC(=O)CCC(=O)Nc1cccc(Cl)c1C)c1ccc(O)cc1O. The summed E-state index contributed by atoms with van der Waals surface area (Å²) in [7, 11) is 0. The maximum absolute atomic E-state index is 12.0. The van der Waals surface area contributed by atoms with Crippen molar-refractivity contribution in [3.05, 3.63) is 52.5 Å². The molecule has 2 amide bonds. The van der Waals surface area contributed by atoms with Gasteiger partial charge in [0.25, 0.3) is 0 Å². The molecule has 0 unspecified atom stereocenters. The zero-order valence-electron chi connectivity index (χ0n) is 14.9. The number of nitrogens with one attached hydrogen (secondary N) is 2. The maximum atomic E-state index is 12.0. The van der Waals surface area contributed by atoms with Crippen LogP contribution in [0.5, 0.6) is 11.5 Å². The molecule has 2 rings (SSSR count). The lowest BCUT2D eigenvalue weighted by atomic mass is 10.1. The number of nitrogens with zero attached hydrogens (tertiary/aromatic N) is 1. The molecule has 0 aliphatic heterocycles. The Hall–Kier alpha value is -3.06. The van der Waals surface area contributed by atoms with Gasteiger partial charge in [0.05, 0.1) is 5.71 Å². The van der Waals surface area contributed by atoms with Crippen molar-refractivity contribution in [3.63, 3.8) is 0 Å². The fraction of sp³-hybridized carbons (Fsp3) is 0.211. The Labute approximate surface area is 161 Å². The Bertz CT molecular complexity index is 897. The van der Waals surface area contributed by atoms with E-state index in [1.807, 2.05) is 0 Å². The first-order valence-corrected chi connectivity index (χ1v) is 8.56. The summed E-state index contributed by atoms with van der Waals surface area (Å²) in [6.07, 6.45) is -0.0688. The van der Waals surface area contributed by atoms with Crippen molar-refractivity contribution in [2.45, 2.75) is 26.7 Å². The highest BCUT2D eigenvalue weighted by atomic mass is 35.5. The average Bonchev–Trinajstić information content (AvgIpc) is 2.62. The van der Waals surface area contributed by atoms with Crippen LogP contribution < -0.4 is 10.7 Å². The molecule has 0 radical (unpaired) electrons. The summed E-state index contributed by atoms with van der Waals surface area (Å²) in [5.41, 5.74) is 4.43. The van der Waals surface area contributed by atoms with Crippen molar-refractivity contribution >= 4 is 34.8 Å². The molecule has 0 aliphatic rings. The zero-order valence-corrected chi connectivity index (χ0v) is 15.7. The van der Waals surface area contributed by atoms with Crippen molar-refractivity contribution in [3.8, 4) is 11.5 Å². The molecule has 0 heterocycles. The molecule has 2 aromatic rings. The maximum Gasteiger partial charge on any atom is 0.240 e. The van der Waals surface area contributed by atoms with Crippen LogP contribution in [0.25, 0.3) is 0 Å². The van der Waals surface area contributed by atoms with Crippen LogP contribution >= 0.6 is 11.6 Å². The first kappa shape index (κ1) is 20.3. The minimum Gasteiger partial charge on any atom is -0.508 e. The third kappa shape index (κ3) is 5.72. The number of aromatic hydroxyl groups is 2. The van der Waals surface area contributed by atoms with Crippen molar-refractivity contribution < 1.29 is 19.8 Å². The lowest BCUT2D eigenvalue weighted by Gasteiger charge is -2.09. The van der Waals surface area contributed by atoms with Gasteiger partial charge in [0.2, 0.25) is 11.8 Å². The van der Waals surface area contributed by atoms with Crippen molar-refractivity contribution in [1.29, 1.82) is 0 Å². The first-order chi connectivity index (χ1) is 12.8. The highest BCUT2D eigenvalue weighted by Crippen LogP contribution is 2.24. The fourth-order valence-corrected chi connectivity index (χ4v) is 2.45.